The quantitative estimate of drug-likeness (QED) is 0.421. The minimum Gasteiger partial charge on any atom is -0.467 e. The van der Waals surface area contributed by atoms with E-state index in [1.807, 2.05) is 41.8 Å². The molecule has 0 fully saturated rings. The number of primary amides is 1. The van der Waals surface area contributed by atoms with Crippen LogP contribution in [0, 0.1) is 0 Å². The number of furan rings is 1. The third kappa shape index (κ3) is 6.20. The number of benzene rings is 1. The summed E-state index contributed by atoms with van der Waals surface area (Å²) in [6, 6.07) is 11.3. The van der Waals surface area contributed by atoms with E-state index in [4.69, 9.17) is 10.2 Å². The highest BCUT2D eigenvalue weighted by Gasteiger charge is 2.17. The Labute approximate surface area is 186 Å². The highest BCUT2D eigenvalue weighted by molar-refractivity contribution is 9.10. The van der Waals surface area contributed by atoms with Crippen LogP contribution in [0.5, 0.6) is 0 Å². The Kier molecular flexibility index (Phi) is 7.69. The van der Waals surface area contributed by atoms with Gasteiger partial charge in [0.1, 0.15) is 11.6 Å². The Balaban J connectivity index is 1.63. The molecule has 3 N–H and O–H groups in total. The van der Waals surface area contributed by atoms with Crippen LogP contribution in [0.2, 0.25) is 0 Å². The fourth-order valence-electron chi connectivity index (χ4n) is 2.81. The number of hydrogen-bond donors (Lipinski definition) is 2. The zero-order chi connectivity index (χ0) is 21.5. The number of nitrogens with one attached hydrogen (secondary N) is 1. The highest BCUT2D eigenvalue weighted by Crippen LogP contribution is 2.21. The van der Waals surface area contributed by atoms with Gasteiger partial charge in [0.15, 0.2) is 5.16 Å². The van der Waals surface area contributed by atoms with Gasteiger partial charge in [-0.2, -0.15) is 0 Å². The van der Waals surface area contributed by atoms with Gasteiger partial charge in [0.05, 0.1) is 24.6 Å². The van der Waals surface area contributed by atoms with Crippen LogP contribution in [0.1, 0.15) is 36.5 Å². The molecule has 30 heavy (non-hydrogen) atoms. The summed E-state index contributed by atoms with van der Waals surface area (Å²) in [5, 5.41) is 11.9. The molecule has 2 aromatic heterocycles. The molecule has 0 aliphatic heterocycles. The molecule has 1 unspecified atom stereocenters. The van der Waals surface area contributed by atoms with Crippen LogP contribution in [-0.4, -0.2) is 32.3 Å². The first kappa shape index (κ1) is 22.1. The molecule has 2 amide bonds. The first-order chi connectivity index (χ1) is 14.4. The second-order valence-corrected chi connectivity index (χ2v) is 8.52. The maximum Gasteiger partial charge on any atom is 0.230 e. The van der Waals surface area contributed by atoms with Crippen molar-refractivity contribution in [2.45, 2.75) is 37.5 Å². The van der Waals surface area contributed by atoms with E-state index < -0.39 is 5.91 Å². The van der Waals surface area contributed by atoms with Crippen LogP contribution < -0.4 is 11.1 Å². The van der Waals surface area contributed by atoms with E-state index in [9.17, 15) is 9.59 Å². The maximum atomic E-state index is 12.4. The van der Waals surface area contributed by atoms with Gasteiger partial charge in [0.25, 0.3) is 0 Å². The molecule has 0 aliphatic rings. The van der Waals surface area contributed by atoms with Crippen LogP contribution in [0.15, 0.2) is 56.7 Å². The first-order valence-electron chi connectivity index (χ1n) is 9.32. The van der Waals surface area contributed by atoms with Gasteiger partial charge in [-0.15, -0.1) is 10.2 Å². The van der Waals surface area contributed by atoms with E-state index in [1.165, 1.54) is 11.8 Å². The van der Waals surface area contributed by atoms with Gasteiger partial charge in [-0.05, 0) is 36.8 Å². The largest absolute Gasteiger partial charge is 0.467 e. The molecule has 158 valence electrons. The fourth-order valence-corrected chi connectivity index (χ4v) is 3.84. The predicted octanol–water partition coefficient (Wildman–Crippen LogP) is 3.07. The average molecular weight is 492 g/mol. The Bertz CT molecular complexity index is 989. The number of aromatic nitrogens is 3. The lowest BCUT2D eigenvalue weighted by Crippen LogP contribution is -2.28. The zero-order valence-electron chi connectivity index (χ0n) is 16.4. The van der Waals surface area contributed by atoms with Crippen molar-refractivity contribution in [1.29, 1.82) is 0 Å². The predicted molar refractivity (Wildman–Crippen MR) is 117 cm³/mol. The van der Waals surface area contributed by atoms with Gasteiger partial charge in [-0.25, -0.2) is 0 Å². The normalized spacial score (nSPS) is 11.9. The number of nitrogens with zero attached hydrogens (tertiary/aromatic N) is 3. The van der Waals surface area contributed by atoms with Crippen molar-refractivity contribution in [3.63, 3.8) is 0 Å². The van der Waals surface area contributed by atoms with Crippen molar-refractivity contribution >= 4 is 39.5 Å². The first-order valence-corrected chi connectivity index (χ1v) is 11.1. The van der Waals surface area contributed by atoms with Gasteiger partial charge in [-0.3, -0.25) is 14.2 Å². The van der Waals surface area contributed by atoms with E-state index in [0.29, 0.717) is 23.9 Å². The van der Waals surface area contributed by atoms with E-state index in [2.05, 4.69) is 31.4 Å². The highest BCUT2D eigenvalue weighted by atomic mass is 79.9. The van der Waals surface area contributed by atoms with Crippen LogP contribution >= 0.6 is 27.7 Å². The SMILES string of the molecule is CC(NC(=O)CSc1nnc(CCC(N)=O)n1Cc1ccco1)c1ccc(Br)cc1. The van der Waals surface area contributed by atoms with Crippen LogP contribution in [0.3, 0.4) is 0 Å². The zero-order valence-corrected chi connectivity index (χ0v) is 18.8. The van der Waals surface area contributed by atoms with Gasteiger partial charge in [0, 0.05) is 17.3 Å². The molecule has 0 saturated heterocycles. The van der Waals surface area contributed by atoms with E-state index in [-0.39, 0.29) is 24.1 Å². The molecular weight excluding hydrogens is 470 g/mol. The number of carbonyl (C=O) groups is 2. The summed E-state index contributed by atoms with van der Waals surface area (Å²) in [5.74, 6) is 1.02. The molecule has 3 rings (SSSR count). The summed E-state index contributed by atoms with van der Waals surface area (Å²) in [5.41, 5.74) is 6.28. The number of rotatable bonds is 10. The van der Waals surface area contributed by atoms with Crippen molar-refractivity contribution in [2.75, 3.05) is 5.75 Å². The average Bonchev–Trinajstić information content (AvgIpc) is 3.35. The maximum absolute atomic E-state index is 12.4. The smallest absolute Gasteiger partial charge is 0.230 e. The number of amides is 2. The molecule has 0 saturated carbocycles. The van der Waals surface area contributed by atoms with Gasteiger partial charge < -0.3 is 15.5 Å². The topological polar surface area (TPSA) is 116 Å². The molecular formula is C20H22BrN5O3S. The van der Waals surface area contributed by atoms with Crippen LogP contribution in [0.25, 0.3) is 0 Å². The number of halogens is 1. The van der Waals surface area contributed by atoms with E-state index >= 15 is 0 Å². The molecule has 1 aromatic carbocycles. The summed E-state index contributed by atoms with van der Waals surface area (Å²) in [6.45, 7) is 2.35. The number of thioether (sulfide) groups is 1. The molecule has 0 spiro atoms. The van der Waals surface area contributed by atoms with Crippen molar-refractivity contribution in [2.24, 2.45) is 5.73 Å². The second kappa shape index (κ2) is 10.4. The van der Waals surface area contributed by atoms with Crippen LogP contribution in [-0.2, 0) is 22.6 Å². The molecule has 3 aromatic rings. The monoisotopic (exact) mass is 491 g/mol. The number of carbonyl (C=O) groups excluding carboxylic acids is 2. The summed E-state index contributed by atoms with van der Waals surface area (Å²) >= 11 is 4.69. The van der Waals surface area contributed by atoms with Crippen molar-refractivity contribution in [3.05, 3.63) is 64.3 Å². The lowest BCUT2D eigenvalue weighted by atomic mass is 10.1. The summed E-state index contributed by atoms with van der Waals surface area (Å²) in [7, 11) is 0. The van der Waals surface area contributed by atoms with Crippen molar-refractivity contribution < 1.29 is 14.0 Å². The van der Waals surface area contributed by atoms with Crippen molar-refractivity contribution in [1.82, 2.24) is 20.1 Å². The molecule has 0 bridgehead atoms. The summed E-state index contributed by atoms with van der Waals surface area (Å²) in [4.78, 5) is 23.6. The Morgan fingerprint density at radius 1 is 1.27 bits per heavy atom. The Morgan fingerprint density at radius 3 is 2.70 bits per heavy atom. The molecule has 2 heterocycles. The molecule has 0 radical (unpaired) electrons. The molecule has 8 nitrogen and oxygen atoms in total. The van der Waals surface area contributed by atoms with Gasteiger partial charge in [-0.1, -0.05) is 39.8 Å². The number of hydrogen-bond acceptors (Lipinski definition) is 6. The van der Waals surface area contributed by atoms with E-state index in [0.717, 1.165) is 15.8 Å². The Morgan fingerprint density at radius 2 is 2.03 bits per heavy atom. The third-order valence-corrected chi connectivity index (χ3v) is 5.86. The number of nitrogens with two attached hydrogens (primary N) is 1. The third-order valence-electron chi connectivity index (χ3n) is 4.36. The van der Waals surface area contributed by atoms with Gasteiger partial charge >= 0.3 is 0 Å². The minimum atomic E-state index is -0.405. The number of aryl methyl sites for hydroxylation is 1. The molecule has 1 atom stereocenters. The Hall–Kier alpha value is -2.59. The summed E-state index contributed by atoms with van der Waals surface area (Å²) < 4.78 is 8.25. The molecule has 10 heteroatoms. The van der Waals surface area contributed by atoms with Gasteiger partial charge in [0.2, 0.25) is 11.8 Å². The molecule has 0 aliphatic carbocycles. The fraction of sp³-hybridized carbons (Fsp3) is 0.300. The standard InChI is InChI=1S/C20H22BrN5O3S/c1-13(14-4-6-15(21)7-5-14)23-19(28)12-30-20-25-24-18(9-8-17(22)27)26(20)11-16-3-2-10-29-16/h2-7,10,13H,8-9,11-12H2,1H3,(H2,22,27)(H,23,28). The summed E-state index contributed by atoms with van der Waals surface area (Å²) in [6.07, 6.45) is 2.13. The second-order valence-electron chi connectivity index (χ2n) is 6.66. The van der Waals surface area contributed by atoms with Crippen LogP contribution in [0.4, 0.5) is 0 Å². The lowest BCUT2D eigenvalue weighted by Gasteiger charge is -2.14. The van der Waals surface area contributed by atoms with Crippen molar-refractivity contribution in [3.8, 4) is 0 Å². The minimum absolute atomic E-state index is 0.110. The lowest BCUT2D eigenvalue weighted by molar-refractivity contribution is -0.119. The van der Waals surface area contributed by atoms with E-state index in [1.54, 1.807) is 12.3 Å².